The van der Waals surface area contributed by atoms with Gasteiger partial charge in [-0.1, -0.05) is 34.1 Å². The van der Waals surface area contributed by atoms with Crippen LogP contribution >= 0.6 is 15.9 Å². The summed E-state index contributed by atoms with van der Waals surface area (Å²) in [5.41, 5.74) is 3.13. The molecule has 0 saturated heterocycles. The van der Waals surface area contributed by atoms with Crippen LogP contribution in [0.1, 0.15) is 22.8 Å². The molecule has 1 amide bonds. The number of hydrazone groups is 1. The number of nitrogens with zero attached hydrogens (tertiary/aromatic N) is 2. The summed E-state index contributed by atoms with van der Waals surface area (Å²) in [6, 6.07) is 18.9. The Balaban J connectivity index is 1.63. The largest absolute Gasteiger partial charge is 0.481 e. The molecular formula is C23H18BrN3O6. The molecule has 0 aliphatic rings. The topological polar surface area (TPSA) is 120 Å². The van der Waals surface area contributed by atoms with Crippen molar-refractivity contribution in [3.63, 3.8) is 0 Å². The van der Waals surface area contributed by atoms with Gasteiger partial charge in [-0.3, -0.25) is 14.9 Å². The van der Waals surface area contributed by atoms with Gasteiger partial charge in [0.25, 0.3) is 11.6 Å². The summed E-state index contributed by atoms with van der Waals surface area (Å²) in [5.74, 6) is -0.501. The van der Waals surface area contributed by atoms with E-state index < -0.39 is 22.9 Å². The third-order valence-electron chi connectivity index (χ3n) is 4.29. The minimum Gasteiger partial charge on any atom is -0.481 e. The fourth-order valence-corrected chi connectivity index (χ4v) is 2.99. The van der Waals surface area contributed by atoms with E-state index in [9.17, 15) is 19.7 Å². The van der Waals surface area contributed by atoms with Crippen LogP contribution < -0.4 is 14.9 Å². The van der Waals surface area contributed by atoms with Gasteiger partial charge in [-0.15, -0.1) is 0 Å². The number of nitro benzene ring substituents is 1. The van der Waals surface area contributed by atoms with Crippen molar-refractivity contribution in [1.82, 2.24) is 5.43 Å². The van der Waals surface area contributed by atoms with Crippen molar-refractivity contribution in [2.75, 3.05) is 0 Å². The van der Waals surface area contributed by atoms with Gasteiger partial charge in [0.1, 0.15) is 11.5 Å². The van der Waals surface area contributed by atoms with Crippen LogP contribution in [0.3, 0.4) is 0 Å². The second kappa shape index (κ2) is 11.0. The molecule has 0 unspecified atom stereocenters. The molecule has 0 fully saturated rings. The van der Waals surface area contributed by atoms with Gasteiger partial charge in [-0.2, -0.15) is 5.10 Å². The van der Waals surface area contributed by atoms with Crippen molar-refractivity contribution in [3.05, 3.63) is 98.5 Å². The maximum atomic E-state index is 12.4. The average molecular weight is 512 g/mol. The van der Waals surface area contributed by atoms with Crippen molar-refractivity contribution in [3.8, 4) is 11.5 Å². The minimum atomic E-state index is -0.915. The van der Waals surface area contributed by atoms with Crippen LogP contribution in [0, 0.1) is 10.1 Å². The highest BCUT2D eigenvalue weighted by Crippen LogP contribution is 2.23. The molecule has 1 N–H and O–H groups in total. The van der Waals surface area contributed by atoms with Gasteiger partial charge in [0.15, 0.2) is 6.10 Å². The Hall–Kier alpha value is -4.05. The molecule has 0 bridgehead atoms. The van der Waals surface area contributed by atoms with Gasteiger partial charge in [0.05, 0.1) is 16.7 Å². The molecule has 33 heavy (non-hydrogen) atoms. The van der Waals surface area contributed by atoms with Crippen molar-refractivity contribution in [2.24, 2.45) is 5.10 Å². The maximum absolute atomic E-state index is 12.4. The molecule has 0 aromatic heterocycles. The fourth-order valence-electron chi connectivity index (χ4n) is 2.61. The van der Waals surface area contributed by atoms with Gasteiger partial charge >= 0.3 is 5.97 Å². The molecule has 0 radical (unpaired) electrons. The van der Waals surface area contributed by atoms with Crippen LogP contribution in [0.15, 0.2) is 82.4 Å². The number of benzene rings is 3. The van der Waals surface area contributed by atoms with E-state index in [0.29, 0.717) is 16.9 Å². The first-order valence-electron chi connectivity index (χ1n) is 9.64. The number of rotatable bonds is 8. The summed E-state index contributed by atoms with van der Waals surface area (Å²) in [5, 5.41) is 14.6. The molecule has 0 aliphatic heterocycles. The average Bonchev–Trinajstić information content (AvgIpc) is 2.81. The molecule has 3 aromatic carbocycles. The Morgan fingerprint density at radius 2 is 1.79 bits per heavy atom. The Morgan fingerprint density at radius 1 is 1.09 bits per heavy atom. The van der Waals surface area contributed by atoms with E-state index in [0.717, 1.165) is 4.47 Å². The van der Waals surface area contributed by atoms with Gasteiger partial charge in [0, 0.05) is 22.2 Å². The molecule has 3 rings (SSSR count). The normalized spacial score (nSPS) is 11.6. The Labute approximate surface area is 197 Å². The number of amides is 1. The van der Waals surface area contributed by atoms with E-state index in [1.54, 1.807) is 48.5 Å². The number of hydrogen-bond acceptors (Lipinski definition) is 7. The number of nitro groups is 1. The maximum Gasteiger partial charge on any atom is 0.343 e. The number of ether oxygens (including phenoxy) is 2. The molecule has 3 aromatic rings. The van der Waals surface area contributed by atoms with E-state index in [4.69, 9.17) is 9.47 Å². The highest BCUT2D eigenvalue weighted by atomic mass is 79.9. The van der Waals surface area contributed by atoms with Crippen LogP contribution in [-0.4, -0.2) is 29.1 Å². The van der Waals surface area contributed by atoms with E-state index >= 15 is 0 Å². The lowest BCUT2D eigenvalue weighted by molar-refractivity contribution is -0.384. The lowest BCUT2D eigenvalue weighted by Gasteiger charge is -2.12. The third kappa shape index (κ3) is 6.71. The highest BCUT2D eigenvalue weighted by molar-refractivity contribution is 9.10. The van der Waals surface area contributed by atoms with E-state index in [1.807, 2.05) is 0 Å². The predicted octanol–water partition coefficient (Wildman–Crippen LogP) is 4.49. The van der Waals surface area contributed by atoms with Crippen molar-refractivity contribution >= 4 is 39.7 Å². The molecule has 0 aliphatic carbocycles. The molecule has 0 heterocycles. The molecule has 1 atom stereocenters. The van der Waals surface area contributed by atoms with Crippen molar-refractivity contribution in [2.45, 2.75) is 13.0 Å². The van der Waals surface area contributed by atoms with Crippen LogP contribution in [0.5, 0.6) is 11.5 Å². The standard InChI is InChI=1S/C23H18BrN3O6/c1-15(32-20-10-8-19(9-11-20)27(30)31)22(28)26-25-14-17-13-18(24)7-12-21(17)33-23(29)16-5-3-2-4-6-16/h2-15H,1H3,(H,26,28)/b25-14-/t15-/m0/s1. The molecule has 10 heteroatoms. The number of esters is 1. The Bertz CT molecular complexity index is 1180. The van der Waals surface area contributed by atoms with E-state index in [-0.39, 0.29) is 11.4 Å². The molecule has 168 valence electrons. The number of non-ortho nitro benzene ring substituents is 1. The first kappa shape index (κ1) is 23.6. The predicted molar refractivity (Wildman–Crippen MR) is 124 cm³/mol. The highest BCUT2D eigenvalue weighted by Gasteiger charge is 2.15. The van der Waals surface area contributed by atoms with Crippen LogP contribution in [-0.2, 0) is 4.79 Å². The zero-order valence-electron chi connectivity index (χ0n) is 17.3. The number of carbonyl (C=O) groups is 2. The lowest BCUT2D eigenvalue weighted by atomic mass is 10.2. The number of nitrogens with one attached hydrogen (secondary N) is 1. The smallest absolute Gasteiger partial charge is 0.343 e. The summed E-state index contributed by atoms with van der Waals surface area (Å²) in [4.78, 5) is 34.8. The Morgan fingerprint density at radius 3 is 2.45 bits per heavy atom. The second-order valence-corrected chi connectivity index (χ2v) is 7.60. The molecule has 0 saturated carbocycles. The SMILES string of the molecule is C[C@H](Oc1ccc([N+](=O)[O-])cc1)C(=O)N/N=C\c1cc(Br)ccc1OC(=O)c1ccccc1. The zero-order valence-corrected chi connectivity index (χ0v) is 18.9. The first-order valence-corrected chi connectivity index (χ1v) is 10.4. The second-order valence-electron chi connectivity index (χ2n) is 6.68. The van der Waals surface area contributed by atoms with Crippen LogP contribution in [0.4, 0.5) is 5.69 Å². The van der Waals surface area contributed by atoms with Crippen molar-refractivity contribution in [1.29, 1.82) is 0 Å². The quantitative estimate of drug-likeness (QED) is 0.156. The van der Waals surface area contributed by atoms with Gasteiger partial charge in [-0.05, 0) is 49.4 Å². The van der Waals surface area contributed by atoms with E-state index in [2.05, 4.69) is 26.5 Å². The summed E-state index contributed by atoms with van der Waals surface area (Å²) in [7, 11) is 0. The summed E-state index contributed by atoms with van der Waals surface area (Å²) < 4.78 is 11.7. The lowest BCUT2D eigenvalue weighted by Crippen LogP contribution is -2.33. The number of hydrogen-bond donors (Lipinski definition) is 1. The summed E-state index contributed by atoms with van der Waals surface area (Å²) >= 11 is 3.35. The van der Waals surface area contributed by atoms with Crippen LogP contribution in [0.2, 0.25) is 0 Å². The molecule has 9 nitrogen and oxygen atoms in total. The molecule has 0 spiro atoms. The van der Waals surface area contributed by atoms with Crippen molar-refractivity contribution < 1.29 is 24.0 Å². The third-order valence-corrected chi connectivity index (χ3v) is 4.79. The van der Waals surface area contributed by atoms with Gasteiger partial charge in [0.2, 0.25) is 0 Å². The summed E-state index contributed by atoms with van der Waals surface area (Å²) in [6.45, 7) is 1.51. The van der Waals surface area contributed by atoms with Gasteiger partial charge in [-0.25, -0.2) is 10.2 Å². The van der Waals surface area contributed by atoms with E-state index in [1.165, 1.54) is 37.4 Å². The van der Waals surface area contributed by atoms with Crippen LogP contribution in [0.25, 0.3) is 0 Å². The zero-order chi connectivity index (χ0) is 23.8. The number of carbonyl (C=O) groups excluding carboxylic acids is 2. The summed E-state index contributed by atoms with van der Waals surface area (Å²) in [6.07, 6.45) is 0.427. The van der Waals surface area contributed by atoms with Gasteiger partial charge < -0.3 is 9.47 Å². The Kier molecular flexibility index (Phi) is 7.87. The monoisotopic (exact) mass is 511 g/mol. The number of halogens is 1. The fraction of sp³-hybridized carbons (Fsp3) is 0.0870. The molecular weight excluding hydrogens is 494 g/mol. The first-order chi connectivity index (χ1) is 15.8. The minimum absolute atomic E-state index is 0.0816.